The summed E-state index contributed by atoms with van der Waals surface area (Å²) in [5, 5.41) is 29.7. The van der Waals surface area contributed by atoms with E-state index in [1.165, 1.54) is 0 Å². The lowest BCUT2D eigenvalue weighted by Crippen LogP contribution is -2.43. The SMILES string of the molecule is CC(C)(C)OC(=O)N[C@H](CO)[C@H]1C(CO)[C@H]1C(=O)O. The second-order valence-electron chi connectivity index (χ2n) is 5.72. The lowest BCUT2D eigenvalue weighted by molar-refractivity contribution is -0.139. The zero-order valence-electron chi connectivity index (χ0n) is 11.3. The van der Waals surface area contributed by atoms with Crippen molar-refractivity contribution < 1.29 is 29.6 Å². The van der Waals surface area contributed by atoms with Crippen LogP contribution in [0.4, 0.5) is 4.79 Å². The Balaban J connectivity index is 2.60. The third-order valence-corrected chi connectivity index (χ3v) is 3.09. The molecule has 0 heterocycles. The van der Waals surface area contributed by atoms with Crippen LogP contribution in [0.15, 0.2) is 0 Å². The van der Waals surface area contributed by atoms with Crippen LogP contribution >= 0.6 is 0 Å². The molecule has 7 heteroatoms. The average Bonchev–Trinajstić information content (AvgIpc) is 2.97. The summed E-state index contributed by atoms with van der Waals surface area (Å²) in [4.78, 5) is 22.5. The van der Waals surface area contributed by atoms with Crippen molar-refractivity contribution in [2.45, 2.75) is 32.4 Å². The molecule has 1 rings (SSSR count). The maximum Gasteiger partial charge on any atom is 0.407 e. The third kappa shape index (κ3) is 4.07. The molecule has 19 heavy (non-hydrogen) atoms. The van der Waals surface area contributed by atoms with Crippen LogP contribution in [0, 0.1) is 17.8 Å². The maximum atomic E-state index is 11.6. The van der Waals surface area contributed by atoms with Crippen molar-refractivity contribution in [2.75, 3.05) is 13.2 Å². The van der Waals surface area contributed by atoms with Gasteiger partial charge >= 0.3 is 12.1 Å². The Morgan fingerprint density at radius 1 is 1.32 bits per heavy atom. The Morgan fingerprint density at radius 2 is 1.89 bits per heavy atom. The number of hydrogen-bond acceptors (Lipinski definition) is 5. The zero-order valence-corrected chi connectivity index (χ0v) is 11.3. The molecule has 0 saturated heterocycles. The fourth-order valence-electron chi connectivity index (χ4n) is 2.25. The first-order chi connectivity index (χ1) is 8.71. The van der Waals surface area contributed by atoms with Gasteiger partial charge in [0, 0.05) is 18.4 Å². The van der Waals surface area contributed by atoms with Crippen molar-refractivity contribution in [2.24, 2.45) is 17.8 Å². The topological polar surface area (TPSA) is 116 Å². The molecule has 1 aliphatic rings. The van der Waals surface area contributed by atoms with Gasteiger partial charge in [-0.3, -0.25) is 4.79 Å². The largest absolute Gasteiger partial charge is 0.481 e. The lowest BCUT2D eigenvalue weighted by atomic mass is 10.1. The molecule has 1 fully saturated rings. The van der Waals surface area contributed by atoms with Gasteiger partial charge in [0.15, 0.2) is 0 Å². The quantitative estimate of drug-likeness (QED) is 0.552. The van der Waals surface area contributed by atoms with Crippen LogP contribution in [-0.4, -0.2) is 52.2 Å². The van der Waals surface area contributed by atoms with E-state index in [-0.39, 0.29) is 6.61 Å². The zero-order chi connectivity index (χ0) is 14.8. The molecule has 0 spiro atoms. The van der Waals surface area contributed by atoms with Gasteiger partial charge in [-0.2, -0.15) is 0 Å². The van der Waals surface area contributed by atoms with Crippen molar-refractivity contribution in [3.05, 3.63) is 0 Å². The highest BCUT2D eigenvalue weighted by Crippen LogP contribution is 2.48. The van der Waals surface area contributed by atoms with E-state index in [4.69, 9.17) is 14.9 Å². The summed E-state index contributed by atoms with van der Waals surface area (Å²) < 4.78 is 5.04. The first-order valence-corrected chi connectivity index (χ1v) is 6.15. The average molecular weight is 275 g/mol. The molecule has 1 saturated carbocycles. The highest BCUT2D eigenvalue weighted by Gasteiger charge is 2.58. The predicted octanol–water partition coefficient (Wildman–Crippen LogP) is -0.189. The Kier molecular flexibility index (Phi) is 4.75. The molecule has 0 radical (unpaired) electrons. The van der Waals surface area contributed by atoms with Crippen molar-refractivity contribution in [3.8, 4) is 0 Å². The van der Waals surface area contributed by atoms with E-state index in [2.05, 4.69) is 5.32 Å². The number of aliphatic hydroxyl groups is 2. The van der Waals surface area contributed by atoms with Gasteiger partial charge in [0.1, 0.15) is 5.60 Å². The van der Waals surface area contributed by atoms with Crippen molar-refractivity contribution >= 4 is 12.1 Å². The van der Waals surface area contributed by atoms with E-state index in [1.807, 2.05) is 0 Å². The standard InChI is InChI=1S/C12H21NO6/c1-12(2,3)19-11(18)13-7(5-15)8-6(4-14)9(8)10(16)17/h6-9,14-15H,4-5H2,1-3H3,(H,13,18)(H,16,17)/t6?,7-,8-,9-/m1/s1. The molecule has 7 nitrogen and oxygen atoms in total. The molecule has 1 amide bonds. The molecular weight excluding hydrogens is 254 g/mol. The molecule has 0 aromatic carbocycles. The number of nitrogens with one attached hydrogen (secondary N) is 1. The van der Waals surface area contributed by atoms with E-state index in [1.54, 1.807) is 20.8 Å². The highest BCUT2D eigenvalue weighted by atomic mass is 16.6. The van der Waals surface area contributed by atoms with Crippen molar-refractivity contribution in [1.82, 2.24) is 5.32 Å². The number of alkyl carbamates (subject to hydrolysis) is 1. The third-order valence-electron chi connectivity index (χ3n) is 3.09. The number of rotatable bonds is 5. The van der Waals surface area contributed by atoms with Crippen LogP contribution in [0.1, 0.15) is 20.8 Å². The fourth-order valence-corrected chi connectivity index (χ4v) is 2.25. The number of aliphatic carboxylic acids is 1. The number of aliphatic hydroxyl groups excluding tert-OH is 2. The second-order valence-corrected chi connectivity index (χ2v) is 5.72. The molecular formula is C12H21NO6. The van der Waals surface area contributed by atoms with Gasteiger partial charge in [0.25, 0.3) is 0 Å². The van der Waals surface area contributed by atoms with Crippen LogP contribution in [0.2, 0.25) is 0 Å². The van der Waals surface area contributed by atoms with E-state index >= 15 is 0 Å². The Morgan fingerprint density at radius 3 is 2.21 bits per heavy atom. The van der Waals surface area contributed by atoms with Crippen LogP contribution in [0.25, 0.3) is 0 Å². The van der Waals surface area contributed by atoms with Crippen LogP contribution in [0.5, 0.6) is 0 Å². The normalized spacial score (nSPS) is 27.5. The Bertz CT molecular complexity index is 351. The monoisotopic (exact) mass is 275 g/mol. The van der Waals surface area contributed by atoms with Gasteiger partial charge in [-0.25, -0.2) is 4.79 Å². The summed E-state index contributed by atoms with van der Waals surface area (Å²) in [5.74, 6) is -2.69. The molecule has 0 aromatic rings. The minimum Gasteiger partial charge on any atom is -0.481 e. The smallest absolute Gasteiger partial charge is 0.407 e. The summed E-state index contributed by atoms with van der Waals surface area (Å²) >= 11 is 0. The van der Waals surface area contributed by atoms with Crippen LogP contribution in [0.3, 0.4) is 0 Å². The summed E-state index contributed by atoms with van der Waals surface area (Å²) in [7, 11) is 0. The second kappa shape index (κ2) is 5.75. The number of amides is 1. The van der Waals surface area contributed by atoms with Gasteiger partial charge < -0.3 is 25.4 Å². The van der Waals surface area contributed by atoms with Crippen LogP contribution in [-0.2, 0) is 9.53 Å². The van der Waals surface area contributed by atoms with E-state index in [0.29, 0.717) is 0 Å². The number of carbonyl (C=O) groups is 2. The fraction of sp³-hybridized carbons (Fsp3) is 0.833. The molecule has 0 aromatic heterocycles. The van der Waals surface area contributed by atoms with Gasteiger partial charge in [-0.05, 0) is 20.8 Å². The highest BCUT2D eigenvalue weighted by molar-refractivity contribution is 5.75. The number of carbonyl (C=O) groups excluding carboxylic acids is 1. The maximum absolute atomic E-state index is 11.6. The summed E-state index contributed by atoms with van der Waals surface area (Å²) in [6.45, 7) is 4.43. The first kappa shape index (κ1) is 15.7. The minimum atomic E-state index is -1.03. The summed E-state index contributed by atoms with van der Waals surface area (Å²) in [6.07, 6.45) is -0.709. The van der Waals surface area contributed by atoms with Crippen molar-refractivity contribution in [1.29, 1.82) is 0 Å². The molecule has 4 N–H and O–H groups in total. The number of hydrogen-bond donors (Lipinski definition) is 4. The molecule has 0 aliphatic heterocycles. The van der Waals surface area contributed by atoms with E-state index in [9.17, 15) is 14.7 Å². The molecule has 1 unspecified atom stereocenters. The van der Waals surface area contributed by atoms with E-state index < -0.39 is 48.1 Å². The molecule has 0 bridgehead atoms. The number of ether oxygens (including phenoxy) is 1. The molecule has 4 atom stereocenters. The predicted molar refractivity (Wildman–Crippen MR) is 65.4 cm³/mol. The van der Waals surface area contributed by atoms with Gasteiger partial charge in [0.2, 0.25) is 0 Å². The Hall–Kier alpha value is -1.34. The Labute approximate surface area is 111 Å². The lowest BCUT2D eigenvalue weighted by Gasteiger charge is -2.23. The summed E-state index contributed by atoms with van der Waals surface area (Å²) in [5.41, 5.74) is -0.670. The minimum absolute atomic E-state index is 0.284. The van der Waals surface area contributed by atoms with Crippen molar-refractivity contribution in [3.63, 3.8) is 0 Å². The van der Waals surface area contributed by atoms with Crippen LogP contribution < -0.4 is 5.32 Å². The van der Waals surface area contributed by atoms with Gasteiger partial charge in [-0.15, -0.1) is 0 Å². The number of carboxylic acid groups (broad SMARTS) is 1. The first-order valence-electron chi connectivity index (χ1n) is 6.15. The van der Waals surface area contributed by atoms with Gasteiger partial charge in [0.05, 0.1) is 18.6 Å². The summed E-state index contributed by atoms with van der Waals surface area (Å²) in [6, 6.07) is -0.729. The van der Waals surface area contributed by atoms with Gasteiger partial charge in [-0.1, -0.05) is 0 Å². The number of carboxylic acids is 1. The molecule has 1 aliphatic carbocycles. The van der Waals surface area contributed by atoms with E-state index in [0.717, 1.165) is 0 Å². The molecule has 110 valence electrons.